The molecule has 2 aromatic heterocycles. The number of morpholine rings is 1. The summed E-state index contributed by atoms with van der Waals surface area (Å²) in [6.07, 6.45) is 3.35. The van der Waals surface area contributed by atoms with Crippen molar-refractivity contribution in [2.75, 3.05) is 39.4 Å². The number of aliphatic hydroxyl groups is 1. The first-order valence-corrected chi connectivity index (χ1v) is 10.9. The van der Waals surface area contributed by atoms with Crippen LogP contribution in [0.25, 0.3) is 5.69 Å². The highest BCUT2D eigenvalue weighted by atomic mass is 16.5. The number of amides is 1. The Hall–Kier alpha value is -3.22. The third-order valence-electron chi connectivity index (χ3n) is 6.55. The fourth-order valence-electron chi connectivity index (χ4n) is 4.55. The predicted molar refractivity (Wildman–Crippen MR) is 112 cm³/mol. The van der Waals surface area contributed by atoms with E-state index in [1.54, 1.807) is 30.2 Å². The van der Waals surface area contributed by atoms with Gasteiger partial charge in [-0.2, -0.15) is 4.68 Å². The first-order valence-electron chi connectivity index (χ1n) is 10.9. The Morgan fingerprint density at radius 3 is 2.67 bits per heavy atom. The number of hydrogen-bond acceptors (Lipinski definition) is 10. The minimum Gasteiger partial charge on any atom is -0.456 e. The fourth-order valence-corrected chi connectivity index (χ4v) is 4.55. The van der Waals surface area contributed by atoms with Gasteiger partial charge in [0.1, 0.15) is 24.6 Å². The molecule has 1 atom stereocenters. The van der Waals surface area contributed by atoms with E-state index in [0.29, 0.717) is 68.3 Å². The number of aliphatic hydroxyl groups excluding tert-OH is 1. The SMILES string of the molecule is CC1=C(N2CCOC3(CCN(CC(O)c4ccc(-n5cnnn5)cn4)CC3)C2=O)COC1=O. The van der Waals surface area contributed by atoms with E-state index in [4.69, 9.17) is 9.47 Å². The number of carbonyl (C=O) groups excluding carboxylic acids is 2. The summed E-state index contributed by atoms with van der Waals surface area (Å²) in [5, 5.41) is 21.7. The van der Waals surface area contributed by atoms with E-state index in [1.165, 1.54) is 11.0 Å². The van der Waals surface area contributed by atoms with Crippen LogP contribution in [0.1, 0.15) is 31.6 Å². The van der Waals surface area contributed by atoms with E-state index < -0.39 is 11.7 Å². The quantitative estimate of drug-likeness (QED) is 0.594. The summed E-state index contributed by atoms with van der Waals surface area (Å²) in [6, 6.07) is 3.55. The van der Waals surface area contributed by atoms with E-state index in [1.807, 2.05) is 0 Å². The average Bonchev–Trinajstić information content (AvgIpc) is 3.48. The smallest absolute Gasteiger partial charge is 0.336 e. The number of tetrazole rings is 1. The highest BCUT2D eigenvalue weighted by molar-refractivity contribution is 5.94. The van der Waals surface area contributed by atoms with Gasteiger partial charge in [0.2, 0.25) is 0 Å². The molecule has 0 aliphatic carbocycles. The van der Waals surface area contributed by atoms with Crippen LogP contribution in [0.3, 0.4) is 0 Å². The van der Waals surface area contributed by atoms with Crippen molar-refractivity contribution < 1.29 is 24.2 Å². The van der Waals surface area contributed by atoms with Gasteiger partial charge in [0.25, 0.3) is 5.91 Å². The Bertz CT molecular complexity index is 1060. The van der Waals surface area contributed by atoms with Crippen LogP contribution in [0, 0.1) is 0 Å². The molecule has 3 aliphatic heterocycles. The Morgan fingerprint density at radius 2 is 2.03 bits per heavy atom. The summed E-state index contributed by atoms with van der Waals surface area (Å²) in [7, 11) is 0. The molecule has 12 nitrogen and oxygen atoms in total. The van der Waals surface area contributed by atoms with Crippen molar-refractivity contribution in [3.63, 3.8) is 0 Å². The van der Waals surface area contributed by atoms with Gasteiger partial charge in [-0.15, -0.1) is 5.10 Å². The molecule has 1 N–H and O–H groups in total. The molecule has 3 aliphatic rings. The van der Waals surface area contributed by atoms with Crippen LogP contribution in [0.4, 0.5) is 0 Å². The van der Waals surface area contributed by atoms with Gasteiger partial charge >= 0.3 is 5.97 Å². The van der Waals surface area contributed by atoms with Crippen molar-refractivity contribution in [3.05, 3.63) is 41.6 Å². The second-order valence-corrected chi connectivity index (χ2v) is 8.46. The van der Waals surface area contributed by atoms with Gasteiger partial charge < -0.3 is 24.4 Å². The Morgan fingerprint density at radius 1 is 1.21 bits per heavy atom. The molecule has 1 spiro atoms. The van der Waals surface area contributed by atoms with E-state index in [2.05, 4.69) is 25.4 Å². The van der Waals surface area contributed by atoms with E-state index >= 15 is 0 Å². The Balaban J connectivity index is 1.20. The number of nitrogens with zero attached hydrogens (tertiary/aromatic N) is 7. The highest BCUT2D eigenvalue weighted by Gasteiger charge is 2.49. The zero-order valence-corrected chi connectivity index (χ0v) is 18.3. The maximum atomic E-state index is 13.3. The third kappa shape index (κ3) is 4.01. The average molecular weight is 455 g/mol. The maximum absolute atomic E-state index is 13.3. The van der Waals surface area contributed by atoms with Gasteiger partial charge in [0, 0.05) is 26.2 Å². The molecule has 0 aromatic carbocycles. The summed E-state index contributed by atoms with van der Waals surface area (Å²) in [5.41, 5.74) is 1.48. The predicted octanol–water partition coefficient (Wildman–Crippen LogP) is -0.385. The molecular formula is C21H25N7O5. The fraction of sp³-hybridized carbons (Fsp3) is 0.524. The minimum atomic E-state index is -0.898. The lowest BCUT2D eigenvalue weighted by Crippen LogP contribution is -2.60. The van der Waals surface area contributed by atoms with Crippen LogP contribution >= 0.6 is 0 Å². The molecule has 0 bridgehead atoms. The first-order chi connectivity index (χ1) is 16.0. The molecule has 0 saturated carbocycles. The topological polar surface area (TPSA) is 136 Å². The van der Waals surface area contributed by atoms with Crippen molar-refractivity contribution in [1.29, 1.82) is 0 Å². The molecule has 1 amide bonds. The molecule has 1 unspecified atom stereocenters. The second kappa shape index (κ2) is 8.61. The zero-order valence-electron chi connectivity index (χ0n) is 18.3. The van der Waals surface area contributed by atoms with Gasteiger partial charge in [0.05, 0.1) is 35.5 Å². The highest BCUT2D eigenvalue weighted by Crippen LogP contribution is 2.34. The van der Waals surface area contributed by atoms with Gasteiger partial charge in [-0.25, -0.2) is 4.79 Å². The lowest BCUT2D eigenvalue weighted by Gasteiger charge is -2.46. The van der Waals surface area contributed by atoms with Crippen molar-refractivity contribution in [2.24, 2.45) is 0 Å². The monoisotopic (exact) mass is 455 g/mol. The summed E-state index contributed by atoms with van der Waals surface area (Å²) in [6.45, 7) is 4.25. The molecule has 33 heavy (non-hydrogen) atoms. The molecule has 5 rings (SSSR count). The van der Waals surface area contributed by atoms with Gasteiger partial charge in [-0.1, -0.05) is 0 Å². The molecule has 2 aromatic rings. The lowest BCUT2D eigenvalue weighted by molar-refractivity contribution is -0.177. The normalized spacial score (nSPS) is 22.2. The number of pyridine rings is 1. The number of likely N-dealkylation sites (tertiary alicyclic amines) is 1. The van der Waals surface area contributed by atoms with E-state index in [-0.39, 0.29) is 18.5 Å². The largest absolute Gasteiger partial charge is 0.456 e. The van der Waals surface area contributed by atoms with Crippen molar-refractivity contribution in [3.8, 4) is 5.69 Å². The van der Waals surface area contributed by atoms with Gasteiger partial charge in [-0.05, 0) is 42.3 Å². The standard InChI is InChI=1S/C21H25N7O5/c1-14-17(12-32-19(14)30)27-8-9-33-21(20(27)31)4-6-26(7-5-21)11-18(29)16-3-2-15(10-22-16)28-13-23-24-25-28/h2-3,10,13,18,29H,4-9,11-12H2,1H3. The van der Waals surface area contributed by atoms with E-state index in [0.717, 1.165) is 0 Å². The number of carbonyl (C=O) groups is 2. The molecular weight excluding hydrogens is 430 g/mol. The summed E-state index contributed by atoms with van der Waals surface area (Å²) < 4.78 is 12.6. The Labute approximate surface area is 189 Å². The molecule has 0 radical (unpaired) electrons. The van der Waals surface area contributed by atoms with Crippen LogP contribution in [-0.4, -0.2) is 97.0 Å². The van der Waals surface area contributed by atoms with Crippen LogP contribution < -0.4 is 0 Å². The molecule has 12 heteroatoms. The van der Waals surface area contributed by atoms with Crippen LogP contribution in [0.2, 0.25) is 0 Å². The van der Waals surface area contributed by atoms with Crippen molar-refractivity contribution in [2.45, 2.75) is 31.5 Å². The van der Waals surface area contributed by atoms with Gasteiger partial charge in [0.15, 0.2) is 0 Å². The van der Waals surface area contributed by atoms with Crippen LogP contribution in [0.5, 0.6) is 0 Å². The zero-order chi connectivity index (χ0) is 23.0. The van der Waals surface area contributed by atoms with Crippen LogP contribution in [-0.2, 0) is 19.1 Å². The van der Waals surface area contributed by atoms with Gasteiger partial charge in [-0.3, -0.25) is 9.78 Å². The number of cyclic esters (lactones) is 1. The minimum absolute atomic E-state index is 0.110. The molecule has 174 valence electrons. The number of piperidine rings is 1. The summed E-state index contributed by atoms with van der Waals surface area (Å²) >= 11 is 0. The first kappa shape index (κ1) is 21.6. The number of ether oxygens (including phenoxy) is 2. The number of rotatable bonds is 5. The number of aromatic nitrogens is 5. The number of hydrogen-bond donors (Lipinski definition) is 1. The summed E-state index contributed by atoms with van der Waals surface area (Å²) in [5.74, 6) is -0.483. The molecule has 5 heterocycles. The summed E-state index contributed by atoms with van der Waals surface area (Å²) in [4.78, 5) is 33.2. The van der Waals surface area contributed by atoms with Crippen LogP contribution in [0.15, 0.2) is 35.9 Å². The number of β-amino-alcohol motifs (C(OH)–C–C–N with tert-alkyl or cyclic N) is 1. The lowest BCUT2D eigenvalue weighted by atomic mass is 9.88. The van der Waals surface area contributed by atoms with E-state index in [9.17, 15) is 14.7 Å². The molecule has 2 fully saturated rings. The maximum Gasteiger partial charge on any atom is 0.336 e. The Kier molecular flexibility index (Phi) is 5.64. The third-order valence-corrected chi connectivity index (χ3v) is 6.55. The number of esters is 1. The van der Waals surface area contributed by atoms with Crippen molar-refractivity contribution in [1.82, 2.24) is 35.0 Å². The second-order valence-electron chi connectivity index (χ2n) is 8.46. The van der Waals surface area contributed by atoms with Crippen molar-refractivity contribution >= 4 is 11.9 Å². The molecule has 2 saturated heterocycles.